The number of carbonyl (C=O) groups is 1. The molecule has 3 aromatic heterocycles. The zero-order valence-corrected chi connectivity index (χ0v) is 20.9. The highest BCUT2D eigenvalue weighted by molar-refractivity contribution is 5.71. The lowest BCUT2D eigenvalue weighted by atomic mass is 9.93. The summed E-state index contributed by atoms with van der Waals surface area (Å²) in [5, 5.41) is 8.67. The smallest absolute Gasteiger partial charge is 0.410 e. The molecule has 1 saturated heterocycles. The summed E-state index contributed by atoms with van der Waals surface area (Å²) in [6, 6.07) is 9.65. The van der Waals surface area contributed by atoms with Crippen LogP contribution in [0.4, 0.5) is 4.79 Å². The molecule has 0 aliphatic carbocycles. The Bertz CT molecular complexity index is 1450. The fourth-order valence-electron chi connectivity index (χ4n) is 4.56. The van der Waals surface area contributed by atoms with Gasteiger partial charge in [0.15, 0.2) is 5.82 Å². The Morgan fingerprint density at radius 2 is 1.97 bits per heavy atom. The van der Waals surface area contributed by atoms with Crippen LogP contribution < -0.4 is 5.56 Å². The van der Waals surface area contributed by atoms with E-state index >= 15 is 0 Å². The number of hydrogen-bond acceptors (Lipinski definition) is 7. The second-order valence-corrected chi connectivity index (χ2v) is 10.2. The summed E-state index contributed by atoms with van der Waals surface area (Å²) in [6.07, 6.45) is 3.28. The van der Waals surface area contributed by atoms with Gasteiger partial charge in [-0.3, -0.25) is 4.79 Å². The van der Waals surface area contributed by atoms with E-state index in [1.807, 2.05) is 52.0 Å². The van der Waals surface area contributed by atoms with Crippen molar-refractivity contribution in [3.05, 3.63) is 69.5 Å². The van der Waals surface area contributed by atoms with Crippen molar-refractivity contribution in [1.29, 1.82) is 0 Å². The van der Waals surface area contributed by atoms with E-state index in [4.69, 9.17) is 9.26 Å². The molecule has 1 fully saturated rings. The lowest BCUT2D eigenvalue weighted by Crippen LogP contribution is -2.41. The van der Waals surface area contributed by atoms with Gasteiger partial charge in [-0.15, -0.1) is 0 Å². The molecule has 0 saturated carbocycles. The van der Waals surface area contributed by atoms with Crippen LogP contribution in [0.1, 0.15) is 62.2 Å². The number of likely N-dealkylation sites (tertiary alicyclic amines) is 1. The Hall–Kier alpha value is -3.95. The van der Waals surface area contributed by atoms with E-state index in [9.17, 15) is 9.59 Å². The van der Waals surface area contributed by atoms with Crippen molar-refractivity contribution in [3.8, 4) is 11.5 Å². The molecule has 0 spiro atoms. The van der Waals surface area contributed by atoms with Crippen LogP contribution >= 0.6 is 0 Å². The van der Waals surface area contributed by atoms with E-state index in [-0.39, 0.29) is 17.6 Å². The maximum absolute atomic E-state index is 12.6. The second-order valence-electron chi connectivity index (χ2n) is 10.2. The van der Waals surface area contributed by atoms with Crippen molar-refractivity contribution in [3.63, 3.8) is 0 Å². The molecule has 5 rings (SSSR count). The van der Waals surface area contributed by atoms with Crippen molar-refractivity contribution in [2.24, 2.45) is 0 Å². The number of nitrogens with one attached hydrogen (secondary N) is 1. The number of aryl methyl sites for hydroxylation is 1. The monoisotopic (exact) mass is 490 g/mol. The van der Waals surface area contributed by atoms with Crippen molar-refractivity contribution < 1.29 is 14.1 Å². The normalized spacial score (nSPS) is 14.9. The first-order chi connectivity index (χ1) is 17.2. The fraction of sp³-hybridized carbons (Fsp3) is 0.423. The van der Waals surface area contributed by atoms with Crippen molar-refractivity contribution in [2.75, 3.05) is 13.1 Å². The Morgan fingerprint density at radius 3 is 2.69 bits per heavy atom. The molecular formula is C26H30N6O4. The van der Waals surface area contributed by atoms with Gasteiger partial charge in [0, 0.05) is 31.5 Å². The molecule has 0 atom stereocenters. The Morgan fingerprint density at radius 1 is 1.22 bits per heavy atom. The van der Waals surface area contributed by atoms with Gasteiger partial charge in [-0.1, -0.05) is 29.4 Å². The summed E-state index contributed by atoms with van der Waals surface area (Å²) in [4.78, 5) is 34.2. The minimum Gasteiger partial charge on any atom is -0.444 e. The first-order valence-electron chi connectivity index (χ1n) is 12.1. The summed E-state index contributed by atoms with van der Waals surface area (Å²) in [5.41, 5.74) is 3.40. The molecule has 36 heavy (non-hydrogen) atoms. The first-order valence-corrected chi connectivity index (χ1v) is 12.1. The summed E-state index contributed by atoms with van der Waals surface area (Å²) in [6.45, 7) is 8.71. The number of benzene rings is 1. The minimum atomic E-state index is -0.535. The standard InChI is InChI=1S/C26H30N6O4/c1-16-7-5-6-8-18(16)13-21-28-24(36-30-21)19-15-27-32-20(14-22(33)29-23(19)32)17-9-11-31(12-10-17)25(34)35-26(2,3)4/h5-8,14-15,17H,9-13H2,1-4H3,(H,29,33). The second kappa shape index (κ2) is 9.25. The zero-order valence-electron chi connectivity index (χ0n) is 20.9. The van der Waals surface area contributed by atoms with Gasteiger partial charge in [-0.05, 0) is 51.7 Å². The predicted molar refractivity (Wildman–Crippen MR) is 133 cm³/mol. The van der Waals surface area contributed by atoms with Crippen LogP contribution in [-0.4, -0.2) is 54.4 Å². The molecule has 4 aromatic rings. The number of aromatic amines is 1. The molecule has 0 unspecified atom stereocenters. The number of H-pyrrole nitrogens is 1. The molecule has 4 heterocycles. The third-order valence-electron chi connectivity index (χ3n) is 6.41. The summed E-state index contributed by atoms with van der Waals surface area (Å²) >= 11 is 0. The third-order valence-corrected chi connectivity index (χ3v) is 6.41. The lowest BCUT2D eigenvalue weighted by molar-refractivity contribution is 0.0203. The van der Waals surface area contributed by atoms with E-state index in [1.54, 1.807) is 21.7 Å². The molecule has 1 aliphatic heterocycles. The van der Waals surface area contributed by atoms with Crippen LogP contribution in [0.15, 0.2) is 45.8 Å². The molecule has 0 bridgehead atoms. The van der Waals surface area contributed by atoms with Crippen LogP contribution in [-0.2, 0) is 11.2 Å². The van der Waals surface area contributed by atoms with Crippen LogP contribution in [0.5, 0.6) is 0 Å². The number of piperidine rings is 1. The summed E-state index contributed by atoms with van der Waals surface area (Å²) < 4.78 is 12.8. The average Bonchev–Trinajstić information content (AvgIpc) is 3.46. The van der Waals surface area contributed by atoms with Crippen LogP contribution in [0.3, 0.4) is 0 Å². The number of rotatable bonds is 4. The van der Waals surface area contributed by atoms with Crippen molar-refractivity contribution in [1.82, 2.24) is 29.6 Å². The number of hydrogen-bond donors (Lipinski definition) is 1. The topological polar surface area (TPSA) is 119 Å². The maximum atomic E-state index is 12.6. The Labute approximate surface area is 208 Å². The van der Waals surface area contributed by atoms with Gasteiger partial charge in [0.1, 0.15) is 16.8 Å². The molecule has 1 aromatic carbocycles. The number of carbonyl (C=O) groups excluding carboxylic acids is 1. The largest absolute Gasteiger partial charge is 0.444 e. The van der Waals surface area contributed by atoms with Crippen molar-refractivity contribution in [2.45, 2.75) is 58.5 Å². The van der Waals surface area contributed by atoms with Gasteiger partial charge < -0.3 is 19.1 Å². The van der Waals surface area contributed by atoms with E-state index in [0.29, 0.717) is 55.3 Å². The number of amides is 1. The summed E-state index contributed by atoms with van der Waals surface area (Å²) in [5.74, 6) is 0.938. The molecule has 188 valence electrons. The number of aromatic nitrogens is 5. The number of nitrogens with zero attached hydrogens (tertiary/aromatic N) is 5. The van der Waals surface area contributed by atoms with Crippen LogP contribution in [0, 0.1) is 6.92 Å². The van der Waals surface area contributed by atoms with E-state index in [0.717, 1.165) is 16.8 Å². The van der Waals surface area contributed by atoms with Gasteiger partial charge in [-0.2, -0.15) is 10.1 Å². The van der Waals surface area contributed by atoms with Crippen molar-refractivity contribution >= 4 is 11.7 Å². The predicted octanol–water partition coefficient (Wildman–Crippen LogP) is 4.09. The highest BCUT2D eigenvalue weighted by Gasteiger charge is 2.29. The Balaban J connectivity index is 1.37. The molecule has 10 nitrogen and oxygen atoms in total. The fourth-order valence-corrected chi connectivity index (χ4v) is 4.56. The molecule has 10 heteroatoms. The van der Waals surface area contributed by atoms with Crippen LogP contribution in [0.25, 0.3) is 17.1 Å². The van der Waals surface area contributed by atoms with Gasteiger partial charge in [-0.25, -0.2) is 9.31 Å². The van der Waals surface area contributed by atoms with Crippen LogP contribution in [0.2, 0.25) is 0 Å². The minimum absolute atomic E-state index is 0.0699. The van der Waals surface area contributed by atoms with E-state index < -0.39 is 5.60 Å². The summed E-state index contributed by atoms with van der Waals surface area (Å²) in [7, 11) is 0. The molecule has 1 N–H and O–H groups in total. The van der Waals surface area contributed by atoms with Gasteiger partial charge in [0.25, 0.3) is 11.4 Å². The highest BCUT2D eigenvalue weighted by Crippen LogP contribution is 2.30. The number of ether oxygens (including phenoxy) is 1. The maximum Gasteiger partial charge on any atom is 0.410 e. The average molecular weight is 491 g/mol. The Kier molecular flexibility index (Phi) is 6.11. The van der Waals surface area contributed by atoms with Gasteiger partial charge >= 0.3 is 6.09 Å². The molecule has 1 aliphatic rings. The lowest BCUT2D eigenvalue weighted by Gasteiger charge is -2.33. The zero-order chi connectivity index (χ0) is 25.4. The molecule has 1 amide bonds. The van der Waals surface area contributed by atoms with E-state index in [2.05, 4.69) is 20.2 Å². The van der Waals surface area contributed by atoms with Gasteiger partial charge in [0.2, 0.25) is 0 Å². The quantitative estimate of drug-likeness (QED) is 0.458. The van der Waals surface area contributed by atoms with Gasteiger partial charge in [0.05, 0.1) is 11.9 Å². The molecular weight excluding hydrogens is 460 g/mol. The van der Waals surface area contributed by atoms with E-state index in [1.165, 1.54) is 0 Å². The SMILES string of the molecule is Cc1ccccc1Cc1noc(-c2cnn3c(C4CCN(C(=O)OC(C)(C)C)CC4)cc(=O)[nH]c23)n1. The number of fused-ring (bicyclic) bond motifs is 1. The highest BCUT2D eigenvalue weighted by atomic mass is 16.6. The molecule has 0 radical (unpaired) electrons. The first kappa shape index (κ1) is 23.8. The third kappa shape index (κ3) is 4.89.